The van der Waals surface area contributed by atoms with E-state index in [1.165, 1.54) is 17.3 Å². The van der Waals surface area contributed by atoms with Crippen molar-refractivity contribution in [2.24, 2.45) is 0 Å². The zero-order valence-corrected chi connectivity index (χ0v) is 49.5. The molecule has 0 bridgehead atoms. The first-order valence-corrected chi connectivity index (χ1v) is 27.2. The van der Waals surface area contributed by atoms with Gasteiger partial charge in [0.25, 0.3) is 0 Å². The van der Waals surface area contributed by atoms with Crippen molar-refractivity contribution >= 4 is 44.6 Å². The van der Waals surface area contributed by atoms with Crippen molar-refractivity contribution in [3.05, 3.63) is 247 Å². The summed E-state index contributed by atoms with van der Waals surface area (Å²) in [6.07, 6.45) is 3.33. The van der Waals surface area contributed by atoms with E-state index < -0.39 is 113 Å². The van der Waals surface area contributed by atoms with E-state index in [1.54, 1.807) is 34.9 Å². The predicted molar refractivity (Wildman–Crippen MR) is 339 cm³/mol. The number of para-hydroxylation sites is 3. The molecule has 11 aromatic rings. The molecule has 0 saturated carbocycles. The van der Waals surface area contributed by atoms with E-state index in [1.807, 2.05) is 73.6 Å². The number of anilines is 4. The molecule has 9 aromatic carbocycles. The molecule has 0 N–H and O–H groups in total. The van der Waals surface area contributed by atoms with Crippen LogP contribution in [0.25, 0.3) is 72.1 Å². The van der Waals surface area contributed by atoms with Crippen molar-refractivity contribution in [2.75, 3.05) is 9.80 Å². The molecule has 412 valence electrons. The average Bonchev–Trinajstić information content (AvgIpc) is 1.43. The summed E-state index contributed by atoms with van der Waals surface area (Å²) in [5.74, 6) is 0.574. The Morgan fingerprint density at radius 2 is 1.18 bits per heavy atom. The normalized spacial score (nSPS) is 17.7. The number of ether oxygens (including phenoxy) is 1. The summed E-state index contributed by atoms with van der Waals surface area (Å²) in [5, 5.41) is 0.583. The summed E-state index contributed by atoms with van der Waals surface area (Å²) in [5.41, 5.74) is 5.87. The molecule has 0 amide bonds. The van der Waals surface area contributed by atoms with Gasteiger partial charge in [0.2, 0.25) is 0 Å². The van der Waals surface area contributed by atoms with E-state index in [0.717, 1.165) is 24.0 Å². The summed E-state index contributed by atoms with van der Waals surface area (Å²) >= 11 is 0. The molecule has 0 atom stereocenters. The van der Waals surface area contributed by atoms with Crippen LogP contribution in [0.4, 0.5) is 22.7 Å². The third kappa shape index (κ3) is 9.85. The van der Waals surface area contributed by atoms with Crippen molar-refractivity contribution in [1.82, 2.24) is 9.55 Å². The van der Waals surface area contributed by atoms with Gasteiger partial charge in [-0.25, -0.2) is 4.98 Å². The Morgan fingerprint density at radius 1 is 0.549 bits per heavy atom. The van der Waals surface area contributed by atoms with Gasteiger partial charge in [0, 0.05) is 78.0 Å². The van der Waals surface area contributed by atoms with Gasteiger partial charge in [-0.3, -0.25) is 0 Å². The Bertz CT molecular complexity index is 5270. The number of hydrogen-bond acceptors (Lipinski definition) is 4. The molecule has 0 fully saturated rings. The van der Waals surface area contributed by atoms with Crippen LogP contribution >= 0.6 is 0 Å². The van der Waals surface area contributed by atoms with Crippen LogP contribution < -0.4 is 14.5 Å². The molecule has 13 rings (SSSR count). The van der Waals surface area contributed by atoms with Gasteiger partial charge in [-0.1, -0.05) is 202 Å². The number of nitrogens with zero attached hydrogens (tertiary/aromatic N) is 4. The minimum atomic E-state index is -0.739. The summed E-state index contributed by atoms with van der Waals surface area (Å²) in [7, 11) is 0. The Kier molecular flexibility index (Phi) is 9.42. The van der Waals surface area contributed by atoms with E-state index in [-0.39, 0.29) is 100.0 Å². The average molecular weight is 1270 g/mol. The van der Waals surface area contributed by atoms with Crippen molar-refractivity contribution < 1.29 is 50.5 Å². The van der Waals surface area contributed by atoms with Crippen LogP contribution in [-0.2, 0) is 42.7 Å². The molecule has 5 nitrogen and oxygen atoms in total. The molecular weight excluding hydrogens is 1180 g/mol. The molecule has 2 aromatic heterocycles. The monoisotopic (exact) mass is 1270 g/mol. The van der Waals surface area contributed by atoms with Crippen LogP contribution in [0.2, 0.25) is 0 Å². The Morgan fingerprint density at radius 3 is 1.90 bits per heavy atom. The molecule has 6 heteroatoms. The Balaban J connectivity index is 0.00000948. The number of pyridine rings is 1. The molecular formula is C76H69N4OPt-3. The second-order valence-electron chi connectivity index (χ2n) is 24.3. The van der Waals surface area contributed by atoms with E-state index >= 15 is 0 Å². The van der Waals surface area contributed by atoms with Crippen molar-refractivity contribution in [3.63, 3.8) is 0 Å². The summed E-state index contributed by atoms with van der Waals surface area (Å²) in [6, 6.07) is 25.9. The van der Waals surface area contributed by atoms with Crippen LogP contribution in [0, 0.1) is 18.8 Å². The van der Waals surface area contributed by atoms with Crippen LogP contribution in [0.5, 0.6) is 11.5 Å². The fraction of sp³-hybridized carbons (Fsp3) is 0.211. The van der Waals surface area contributed by atoms with Crippen LogP contribution in [-0.4, -0.2) is 9.55 Å². The zero-order valence-electron chi connectivity index (χ0n) is 65.2. The molecule has 0 radical (unpaired) electrons. The predicted octanol–water partition coefficient (Wildman–Crippen LogP) is 20.6. The fourth-order valence-electron chi connectivity index (χ4n) is 11.4. The smallest absolute Gasteiger partial charge is 0.135 e. The summed E-state index contributed by atoms with van der Waals surface area (Å²) in [4.78, 5) is 8.71. The number of benzene rings is 9. The molecule has 82 heavy (non-hydrogen) atoms. The van der Waals surface area contributed by atoms with Gasteiger partial charge in [0.1, 0.15) is 5.82 Å². The first kappa shape index (κ1) is 37.2. The van der Waals surface area contributed by atoms with Gasteiger partial charge in [0.15, 0.2) is 0 Å². The Hall–Kier alpha value is -7.98. The first-order valence-electron chi connectivity index (χ1n) is 36.2. The van der Waals surface area contributed by atoms with Crippen LogP contribution in [0.1, 0.15) is 129 Å². The number of rotatable bonds is 9. The quantitative estimate of drug-likeness (QED) is 0.135. The van der Waals surface area contributed by atoms with Gasteiger partial charge in [-0.05, 0) is 132 Å². The fourth-order valence-corrected chi connectivity index (χ4v) is 11.4. The molecule has 0 saturated heterocycles. The molecule has 3 heterocycles. The number of hydrogen-bond donors (Lipinski definition) is 0. The topological polar surface area (TPSA) is 33.5 Å². The van der Waals surface area contributed by atoms with Gasteiger partial charge in [0.05, 0.1) is 24.7 Å². The molecule has 0 unspecified atom stereocenters. The van der Waals surface area contributed by atoms with Crippen molar-refractivity contribution in [2.45, 2.75) is 104 Å². The molecule has 0 spiro atoms. The standard InChI is InChI=1S/C76H69N4O.Pt/c1-73(2,3)55-43-61(53-28-21-27-52(41-53)50-23-13-11-14-24-50)72(62(44-55)54-35-38-64-66(42-54)76(9,10)40-39-75(64,7)8)79-49-78(68-33-19-20-34-69(68)79)56-29-22-30-57(45-56)81-58-36-37-60-59-31-17-18-32-67(59)80(70(60)46-58)71-47-65(74(4,5)6)63(48-77-71)51-25-15-12-16-26-51;/h11-38,41-44,47-49H,39-40H2,1-10H3;/q-3;/i11D,12D,13D,14D,15D,16D,17D,18D,21D,23D,24D,25D,26D,27D,28D,31D,32D,41D;. The second kappa shape index (κ2) is 20.8. The van der Waals surface area contributed by atoms with Crippen LogP contribution in [0.3, 0.4) is 0 Å². The minimum Gasteiger partial charge on any atom is -0.509 e. The molecule has 2 aliphatic rings. The van der Waals surface area contributed by atoms with Crippen LogP contribution in [0.15, 0.2) is 206 Å². The van der Waals surface area contributed by atoms with E-state index in [2.05, 4.69) is 84.9 Å². The zero-order chi connectivity index (χ0) is 71.7. The third-order valence-electron chi connectivity index (χ3n) is 15.9. The first-order chi connectivity index (χ1) is 46.4. The number of aromatic nitrogens is 2. The maximum atomic E-state index is 10.2. The SMILES string of the molecule is [2H]c1c([2H])c([2H])c(-c2cnc(-n3c4[c-]c(Oc5[c-]c(N6[CH-]N(c7c(-c8ccc9c(c8)C(C)(C)CCC9(C)C)cc(C(C)(C)C)cc7-c7c([2H])c([2H])c([2H])c(-c8c([2H])c([2H])c([2H])c([2H])c8[2H])c7[2H])c7ccccc76)ccc5)ccc4c4c([2H])c([2H])c([2H])c([2H])c43)cc2C(C)(C)C)c([2H])c1[2H].[Pt]. The van der Waals surface area contributed by atoms with Crippen molar-refractivity contribution in [3.8, 4) is 61.8 Å². The third-order valence-corrected chi connectivity index (χ3v) is 15.9. The largest absolute Gasteiger partial charge is 0.509 e. The second-order valence-corrected chi connectivity index (χ2v) is 24.3. The maximum absolute atomic E-state index is 10.2. The summed E-state index contributed by atoms with van der Waals surface area (Å²) < 4.78 is 170. The Labute approximate surface area is 524 Å². The van der Waals surface area contributed by atoms with E-state index in [4.69, 9.17) is 26.2 Å². The van der Waals surface area contributed by atoms with E-state index in [9.17, 15) is 8.22 Å². The van der Waals surface area contributed by atoms with Gasteiger partial charge >= 0.3 is 0 Å². The van der Waals surface area contributed by atoms with Gasteiger partial charge in [-0.15, -0.1) is 48.1 Å². The molecule has 1 aliphatic carbocycles. The van der Waals surface area contributed by atoms with Gasteiger partial charge < -0.3 is 19.1 Å². The number of fused-ring (bicyclic) bond motifs is 5. The van der Waals surface area contributed by atoms with Crippen molar-refractivity contribution in [1.29, 1.82) is 0 Å². The van der Waals surface area contributed by atoms with Gasteiger partial charge in [-0.2, -0.15) is 12.1 Å². The molecule has 1 aliphatic heterocycles. The minimum absolute atomic E-state index is 0. The van der Waals surface area contributed by atoms with E-state index in [0.29, 0.717) is 44.8 Å². The maximum Gasteiger partial charge on any atom is 0.135 e. The summed E-state index contributed by atoms with van der Waals surface area (Å²) in [6.45, 7) is 22.7.